The fourth-order valence-electron chi connectivity index (χ4n) is 0.822. The van der Waals surface area contributed by atoms with Gasteiger partial charge < -0.3 is 10.7 Å². The number of nitrogens with two attached hydrogens (primary N) is 1. The molecular weight excluding hydrogens is 146 g/mol. The zero-order valence-corrected chi connectivity index (χ0v) is 6.10. The molecule has 0 spiro atoms. The van der Waals surface area contributed by atoms with Crippen LogP contribution in [0.2, 0.25) is 0 Å². The third-order valence-electron chi connectivity index (χ3n) is 1.41. The Labute approximate surface area is 62.3 Å². The van der Waals surface area contributed by atoms with Gasteiger partial charge in [-0.15, -0.1) is 0 Å². The van der Waals surface area contributed by atoms with E-state index in [2.05, 4.69) is 4.98 Å². The number of aromatic nitrogens is 2. The van der Waals surface area contributed by atoms with Crippen LogP contribution in [0.5, 0.6) is 0 Å². The summed E-state index contributed by atoms with van der Waals surface area (Å²) in [6.07, 6.45) is 0.547. The molecule has 0 unspecified atom stereocenters. The van der Waals surface area contributed by atoms with Gasteiger partial charge in [-0.25, -0.2) is 4.79 Å². The Morgan fingerprint density at radius 3 is 2.55 bits per heavy atom. The summed E-state index contributed by atoms with van der Waals surface area (Å²) < 4.78 is 0. The summed E-state index contributed by atoms with van der Waals surface area (Å²) in [7, 11) is 0. The number of aryl methyl sites for hydroxylation is 1. The molecule has 5 nitrogen and oxygen atoms in total. The van der Waals surface area contributed by atoms with Crippen molar-refractivity contribution in [3.05, 3.63) is 26.5 Å². The van der Waals surface area contributed by atoms with E-state index in [9.17, 15) is 9.59 Å². The maximum absolute atomic E-state index is 10.8. The molecule has 0 aliphatic heterocycles. The lowest BCUT2D eigenvalue weighted by atomic mass is 10.3. The number of hydrogen-bond acceptors (Lipinski definition) is 3. The van der Waals surface area contributed by atoms with Crippen LogP contribution in [0.3, 0.4) is 0 Å². The van der Waals surface area contributed by atoms with Crippen molar-refractivity contribution >= 4 is 5.69 Å². The molecular formula is C6H9N3O2. The summed E-state index contributed by atoms with van der Waals surface area (Å²) in [5, 5.41) is 0. The van der Waals surface area contributed by atoms with Gasteiger partial charge >= 0.3 is 5.69 Å². The minimum absolute atomic E-state index is 0.0899. The smallest absolute Gasteiger partial charge is 0.326 e. The van der Waals surface area contributed by atoms with E-state index in [1.165, 1.54) is 0 Å². The summed E-state index contributed by atoms with van der Waals surface area (Å²) in [5.74, 6) is 0. The predicted molar refractivity (Wildman–Crippen MR) is 41.5 cm³/mol. The molecule has 0 bridgehead atoms. The van der Waals surface area contributed by atoms with Crippen LogP contribution in [0.15, 0.2) is 9.59 Å². The van der Waals surface area contributed by atoms with Gasteiger partial charge in [0.05, 0.1) is 0 Å². The molecule has 0 saturated carbocycles. The highest BCUT2D eigenvalue weighted by molar-refractivity contribution is 5.39. The number of anilines is 1. The van der Waals surface area contributed by atoms with Crippen molar-refractivity contribution in [1.82, 2.24) is 9.97 Å². The largest absolute Gasteiger partial charge is 0.393 e. The molecule has 0 amide bonds. The Kier molecular flexibility index (Phi) is 1.80. The molecule has 4 N–H and O–H groups in total. The molecule has 5 heteroatoms. The summed E-state index contributed by atoms with van der Waals surface area (Å²) >= 11 is 0. The van der Waals surface area contributed by atoms with Crippen LogP contribution in [0.4, 0.5) is 5.69 Å². The van der Waals surface area contributed by atoms with Crippen LogP contribution in [0.25, 0.3) is 0 Å². The molecule has 1 aromatic heterocycles. The molecule has 0 radical (unpaired) electrons. The summed E-state index contributed by atoms with van der Waals surface area (Å²) in [6, 6.07) is 0. The molecule has 1 rings (SSSR count). The average molecular weight is 155 g/mol. The number of hydrogen-bond donors (Lipinski definition) is 3. The first kappa shape index (κ1) is 7.59. The Morgan fingerprint density at radius 1 is 1.36 bits per heavy atom. The molecule has 60 valence electrons. The Hall–Kier alpha value is -1.52. The molecule has 0 aliphatic carbocycles. The summed E-state index contributed by atoms with van der Waals surface area (Å²) in [4.78, 5) is 25.9. The monoisotopic (exact) mass is 155 g/mol. The van der Waals surface area contributed by atoms with E-state index in [4.69, 9.17) is 5.73 Å². The van der Waals surface area contributed by atoms with Gasteiger partial charge in [0.15, 0.2) is 0 Å². The lowest BCUT2D eigenvalue weighted by molar-refractivity contribution is 0.943. The third-order valence-corrected chi connectivity index (χ3v) is 1.41. The Balaban J connectivity index is 3.49. The molecule has 0 aromatic carbocycles. The lowest BCUT2D eigenvalue weighted by Crippen LogP contribution is -2.26. The van der Waals surface area contributed by atoms with Gasteiger partial charge in [-0.05, 0) is 6.42 Å². The SMILES string of the molecule is CCc1[nH]c(=O)[nH]c(=O)c1N. The number of H-pyrrole nitrogens is 2. The van der Waals surface area contributed by atoms with Crippen LogP contribution in [0, 0.1) is 0 Å². The van der Waals surface area contributed by atoms with Crippen molar-refractivity contribution in [1.29, 1.82) is 0 Å². The van der Waals surface area contributed by atoms with Crippen LogP contribution < -0.4 is 17.0 Å². The number of nitrogen functional groups attached to an aromatic ring is 1. The van der Waals surface area contributed by atoms with Crippen molar-refractivity contribution in [2.45, 2.75) is 13.3 Å². The lowest BCUT2D eigenvalue weighted by Gasteiger charge is -1.98. The minimum atomic E-state index is -0.523. The molecule has 0 aliphatic rings. The van der Waals surface area contributed by atoms with Gasteiger partial charge in [0.25, 0.3) is 5.56 Å². The first-order chi connectivity index (χ1) is 5.15. The van der Waals surface area contributed by atoms with Crippen molar-refractivity contribution in [2.24, 2.45) is 0 Å². The fourth-order valence-corrected chi connectivity index (χ4v) is 0.822. The van der Waals surface area contributed by atoms with Crippen LogP contribution in [-0.2, 0) is 6.42 Å². The molecule has 11 heavy (non-hydrogen) atoms. The first-order valence-electron chi connectivity index (χ1n) is 3.26. The van der Waals surface area contributed by atoms with E-state index in [1.807, 2.05) is 4.98 Å². The zero-order valence-electron chi connectivity index (χ0n) is 6.10. The van der Waals surface area contributed by atoms with Gasteiger partial charge in [0.1, 0.15) is 5.69 Å². The molecule has 0 fully saturated rings. The van der Waals surface area contributed by atoms with Gasteiger partial charge in [0.2, 0.25) is 0 Å². The van der Waals surface area contributed by atoms with Crippen molar-refractivity contribution in [2.75, 3.05) is 5.73 Å². The Morgan fingerprint density at radius 2 is 2.00 bits per heavy atom. The average Bonchev–Trinajstić information content (AvgIpc) is 1.96. The van der Waals surface area contributed by atoms with Gasteiger partial charge in [-0.3, -0.25) is 9.78 Å². The maximum atomic E-state index is 10.8. The topological polar surface area (TPSA) is 91.7 Å². The highest BCUT2D eigenvalue weighted by Gasteiger charge is 2.01. The summed E-state index contributed by atoms with van der Waals surface area (Å²) in [6.45, 7) is 1.81. The van der Waals surface area contributed by atoms with Crippen LogP contribution in [0.1, 0.15) is 12.6 Å². The van der Waals surface area contributed by atoms with Gasteiger partial charge in [-0.2, -0.15) is 0 Å². The normalized spacial score (nSPS) is 9.91. The van der Waals surface area contributed by atoms with E-state index in [-0.39, 0.29) is 5.69 Å². The van der Waals surface area contributed by atoms with Gasteiger partial charge in [0, 0.05) is 5.69 Å². The fraction of sp³-hybridized carbons (Fsp3) is 0.333. The Bertz CT molecular complexity index is 363. The molecule has 0 atom stereocenters. The molecule has 0 saturated heterocycles. The highest BCUT2D eigenvalue weighted by atomic mass is 16.2. The predicted octanol–water partition coefficient (Wildman–Crippen LogP) is -0.792. The second-order valence-corrected chi connectivity index (χ2v) is 2.15. The standard InChI is InChI=1S/C6H9N3O2/c1-2-3-4(7)5(10)9-6(11)8-3/h2,7H2,1H3,(H2,8,9,10,11). The number of aromatic amines is 2. The zero-order chi connectivity index (χ0) is 8.43. The van der Waals surface area contributed by atoms with Crippen molar-refractivity contribution < 1.29 is 0 Å². The van der Waals surface area contributed by atoms with Crippen LogP contribution >= 0.6 is 0 Å². The van der Waals surface area contributed by atoms with E-state index < -0.39 is 11.2 Å². The van der Waals surface area contributed by atoms with E-state index in [1.54, 1.807) is 6.92 Å². The number of nitrogens with one attached hydrogen (secondary N) is 2. The van der Waals surface area contributed by atoms with Crippen LogP contribution in [-0.4, -0.2) is 9.97 Å². The van der Waals surface area contributed by atoms with Crippen molar-refractivity contribution in [3.63, 3.8) is 0 Å². The number of rotatable bonds is 1. The van der Waals surface area contributed by atoms with E-state index in [0.29, 0.717) is 12.1 Å². The van der Waals surface area contributed by atoms with E-state index in [0.717, 1.165) is 0 Å². The first-order valence-corrected chi connectivity index (χ1v) is 3.26. The minimum Gasteiger partial charge on any atom is -0.393 e. The second-order valence-electron chi connectivity index (χ2n) is 2.15. The van der Waals surface area contributed by atoms with Crippen molar-refractivity contribution in [3.8, 4) is 0 Å². The third kappa shape index (κ3) is 1.31. The van der Waals surface area contributed by atoms with E-state index >= 15 is 0 Å². The van der Waals surface area contributed by atoms with Gasteiger partial charge in [-0.1, -0.05) is 6.92 Å². The summed E-state index contributed by atoms with van der Waals surface area (Å²) in [5.41, 5.74) is 4.89. The molecule has 1 aromatic rings. The quantitative estimate of drug-likeness (QED) is 0.496. The maximum Gasteiger partial charge on any atom is 0.326 e. The second kappa shape index (κ2) is 2.61. The highest BCUT2D eigenvalue weighted by Crippen LogP contribution is 1.97. The molecule has 1 heterocycles.